The monoisotopic (exact) mass is 290 g/mol. The van der Waals surface area contributed by atoms with E-state index in [2.05, 4.69) is 65.0 Å². The molecule has 1 saturated heterocycles. The highest BCUT2D eigenvalue weighted by atomic mass is 32.2. The van der Waals surface area contributed by atoms with Crippen molar-refractivity contribution in [1.29, 1.82) is 0 Å². The average molecular weight is 290 g/mol. The Morgan fingerprint density at radius 3 is 3.11 bits per heavy atom. The number of benzene rings is 1. The first-order chi connectivity index (χ1) is 9.34. The molecule has 19 heavy (non-hydrogen) atoms. The second-order valence-corrected chi connectivity index (χ2v) is 7.34. The number of aryl methyl sites for hydroxylation is 1. The van der Waals surface area contributed by atoms with Crippen LogP contribution in [-0.4, -0.2) is 34.0 Å². The summed E-state index contributed by atoms with van der Waals surface area (Å²) in [4.78, 5) is 4.49. The van der Waals surface area contributed by atoms with Gasteiger partial charge in [0.2, 0.25) is 0 Å². The molecular weight excluding hydrogens is 272 g/mol. The molecule has 1 aromatic heterocycles. The largest absolute Gasteiger partial charge is 0.383 e. The molecule has 0 aliphatic carbocycles. The van der Waals surface area contributed by atoms with Gasteiger partial charge < -0.3 is 5.32 Å². The van der Waals surface area contributed by atoms with E-state index in [0.29, 0.717) is 0 Å². The molecule has 0 saturated carbocycles. The van der Waals surface area contributed by atoms with Gasteiger partial charge in [0, 0.05) is 46.3 Å². The smallest absolute Gasteiger partial charge is 0.0751 e. The number of fused-ring (bicyclic) bond motifs is 1. The SMILES string of the molecule is Cc1cccc2c(NCC3CSCCS3)ccnc12. The minimum atomic E-state index is 0.728. The first kappa shape index (κ1) is 13.1. The Hall–Kier alpha value is -0.870. The average Bonchev–Trinajstić information content (AvgIpc) is 2.47. The zero-order valence-corrected chi connectivity index (χ0v) is 12.7. The van der Waals surface area contributed by atoms with Crippen LogP contribution in [0.2, 0.25) is 0 Å². The number of thioether (sulfide) groups is 2. The first-order valence-electron chi connectivity index (χ1n) is 6.62. The van der Waals surface area contributed by atoms with Crippen LogP contribution in [0, 0.1) is 6.92 Å². The first-order valence-corrected chi connectivity index (χ1v) is 8.82. The summed E-state index contributed by atoms with van der Waals surface area (Å²) in [5.74, 6) is 3.85. The van der Waals surface area contributed by atoms with Crippen LogP contribution in [0.4, 0.5) is 5.69 Å². The Balaban J connectivity index is 1.79. The summed E-state index contributed by atoms with van der Waals surface area (Å²) in [5.41, 5.74) is 3.56. The molecular formula is C15H18N2S2. The van der Waals surface area contributed by atoms with Crippen LogP contribution < -0.4 is 5.32 Å². The molecule has 1 atom stereocenters. The van der Waals surface area contributed by atoms with Gasteiger partial charge in [0.15, 0.2) is 0 Å². The number of hydrogen-bond donors (Lipinski definition) is 1. The summed E-state index contributed by atoms with van der Waals surface area (Å²) < 4.78 is 0. The van der Waals surface area contributed by atoms with E-state index >= 15 is 0 Å². The third-order valence-corrected chi connectivity index (χ3v) is 6.22. The van der Waals surface area contributed by atoms with Gasteiger partial charge in [-0.3, -0.25) is 4.98 Å². The number of para-hydroxylation sites is 1. The lowest BCUT2D eigenvalue weighted by Crippen LogP contribution is -2.23. The lowest BCUT2D eigenvalue weighted by atomic mass is 10.1. The van der Waals surface area contributed by atoms with Gasteiger partial charge in [0.05, 0.1) is 5.52 Å². The molecule has 100 valence electrons. The molecule has 3 rings (SSSR count). The molecule has 1 aliphatic rings. The van der Waals surface area contributed by atoms with Crippen LogP contribution in [0.25, 0.3) is 10.9 Å². The van der Waals surface area contributed by atoms with Crippen molar-refractivity contribution in [3.63, 3.8) is 0 Å². The number of pyridine rings is 1. The molecule has 0 bridgehead atoms. The van der Waals surface area contributed by atoms with E-state index in [1.54, 1.807) is 0 Å². The van der Waals surface area contributed by atoms with Crippen LogP contribution in [0.15, 0.2) is 30.5 Å². The van der Waals surface area contributed by atoms with Crippen molar-refractivity contribution in [3.05, 3.63) is 36.0 Å². The predicted octanol–water partition coefficient (Wildman–Crippen LogP) is 3.80. The fourth-order valence-electron chi connectivity index (χ4n) is 2.36. The van der Waals surface area contributed by atoms with Crippen LogP contribution in [0.5, 0.6) is 0 Å². The maximum Gasteiger partial charge on any atom is 0.0751 e. The summed E-state index contributed by atoms with van der Waals surface area (Å²) in [5, 5.41) is 5.57. The molecule has 0 amide bonds. The maximum atomic E-state index is 4.49. The number of hydrogen-bond acceptors (Lipinski definition) is 4. The Labute approximate surface area is 122 Å². The van der Waals surface area contributed by atoms with E-state index < -0.39 is 0 Å². The van der Waals surface area contributed by atoms with Gasteiger partial charge in [-0.15, -0.1) is 0 Å². The van der Waals surface area contributed by atoms with Crippen LogP contribution in [0.3, 0.4) is 0 Å². The third-order valence-electron chi connectivity index (χ3n) is 3.38. The van der Waals surface area contributed by atoms with Crippen molar-refractivity contribution < 1.29 is 0 Å². The molecule has 2 aromatic rings. The molecule has 4 heteroatoms. The lowest BCUT2D eigenvalue weighted by molar-refractivity contribution is 1.01. The normalized spacial score (nSPS) is 19.5. The van der Waals surface area contributed by atoms with E-state index in [0.717, 1.165) is 17.3 Å². The van der Waals surface area contributed by atoms with Gasteiger partial charge in [-0.2, -0.15) is 23.5 Å². The number of rotatable bonds is 3. The van der Waals surface area contributed by atoms with Gasteiger partial charge in [-0.1, -0.05) is 18.2 Å². The van der Waals surface area contributed by atoms with E-state index in [4.69, 9.17) is 0 Å². The number of nitrogens with zero attached hydrogens (tertiary/aromatic N) is 1. The Morgan fingerprint density at radius 1 is 1.32 bits per heavy atom. The molecule has 1 fully saturated rings. The van der Waals surface area contributed by atoms with Gasteiger partial charge in [-0.25, -0.2) is 0 Å². The zero-order valence-electron chi connectivity index (χ0n) is 11.1. The third kappa shape index (κ3) is 3.00. The van der Waals surface area contributed by atoms with Crippen molar-refractivity contribution in [2.24, 2.45) is 0 Å². The Kier molecular flexibility index (Phi) is 4.18. The van der Waals surface area contributed by atoms with Crippen LogP contribution >= 0.6 is 23.5 Å². The zero-order chi connectivity index (χ0) is 13.1. The number of aromatic nitrogens is 1. The summed E-state index contributed by atoms with van der Waals surface area (Å²) in [7, 11) is 0. The van der Waals surface area contributed by atoms with E-state index in [1.165, 1.54) is 33.9 Å². The fraction of sp³-hybridized carbons (Fsp3) is 0.400. The van der Waals surface area contributed by atoms with Crippen LogP contribution in [-0.2, 0) is 0 Å². The topological polar surface area (TPSA) is 24.9 Å². The second kappa shape index (κ2) is 6.06. The summed E-state index contributed by atoms with van der Waals surface area (Å²) in [6.07, 6.45) is 1.90. The van der Waals surface area contributed by atoms with Crippen molar-refractivity contribution in [3.8, 4) is 0 Å². The summed E-state index contributed by atoms with van der Waals surface area (Å²) in [6, 6.07) is 8.46. The molecule has 0 spiro atoms. The minimum absolute atomic E-state index is 0.728. The van der Waals surface area contributed by atoms with E-state index in [9.17, 15) is 0 Å². The van der Waals surface area contributed by atoms with Gasteiger partial charge in [0.25, 0.3) is 0 Å². The summed E-state index contributed by atoms with van der Waals surface area (Å²) >= 11 is 4.16. The molecule has 2 heterocycles. The molecule has 1 aromatic carbocycles. The van der Waals surface area contributed by atoms with E-state index in [1.807, 2.05) is 6.20 Å². The van der Waals surface area contributed by atoms with Crippen molar-refractivity contribution >= 4 is 40.1 Å². The van der Waals surface area contributed by atoms with Crippen molar-refractivity contribution in [2.75, 3.05) is 29.1 Å². The van der Waals surface area contributed by atoms with Gasteiger partial charge in [0.1, 0.15) is 0 Å². The highest BCUT2D eigenvalue weighted by Crippen LogP contribution is 2.27. The quantitative estimate of drug-likeness (QED) is 0.929. The highest BCUT2D eigenvalue weighted by Gasteiger charge is 2.14. The van der Waals surface area contributed by atoms with Gasteiger partial charge in [-0.05, 0) is 18.6 Å². The maximum absolute atomic E-state index is 4.49. The molecule has 1 unspecified atom stereocenters. The Bertz CT molecular complexity index is 565. The van der Waals surface area contributed by atoms with Crippen LogP contribution in [0.1, 0.15) is 5.56 Å². The highest BCUT2D eigenvalue weighted by molar-refractivity contribution is 8.06. The fourth-order valence-corrected chi connectivity index (χ4v) is 4.97. The second-order valence-electron chi connectivity index (χ2n) is 4.78. The van der Waals surface area contributed by atoms with Crippen molar-refractivity contribution in [1.82, 2.24) is 4.98 Å². The van der Waals surface area contributed by atoms with Gasteiger partial charge >= 0.3 is 0 Å². The Morgan fingerprint density at radius 2 is 2.26 bits per heavy atom. The lowest BCUT2D eigenvalue weighted by Gasteiger charge is -2.22. The van der Waals surface area contributed by atoms with E-state index in [-0.39, 0.29) is 0 Å². The predicted molar refractivity (Wildman–Crippen MR) is 88.5 cm³/mol. The van der Waals surface area contributed by atoms with Crippen molar-refractivity contribution in [2.45, 2.75) is 12.2 Å². The standard InChI is InChI=1S/C15H18N2S2/c1-11-3-2-4-13-14(5-6-16-15(11)13)17-9-12-10-18-7-8-19-12/h2-6,12H,7-10H2,1H3,(H,16,17). The number of anilines is 1. The molecule has 2 nitrogen and oxygen atoms in total. The number of nitrogens with one attached hydrogen (secondary N) is 1. The molecule has 1 aliphatic heterocycles. The molecule has 1 N–H and O–H groups in total. The summed E-state index contributed by atoms with van der Waals surface area (Å²) in [6.45, 7) is 3.16. The minimum Gasteiger partial charge on any atom is -0.383 e. The molecule has 0 radical (unpaired) electrons.